The van der Waals surface area contributed by atoms with Crippen molar-refractivity contribution in [3.8, 4) is 0 Å². The average molecular weight is 303 g/mol. The molecule has 1 fully saturated rings. The summed E-state index contributed by atoms with van der Waals surface area (Å²) in [4.78, 5) is 13.9. The summed E-state index contributed by atoms with van der Waals surface area (Å²) < 4.78 is 5.20. The summed E-state index contributed by atoms with van der Waals surface area (Å²) >= 11 is 12.1. The molecule has 0 saturated carbocycles. The molecule has 1 aromatic rings. The molecule has 1 heterocycles. The molecule has 1 unspecified atom stereocenters. The maximum atomic E-state index is 12.3. The number of nitrogens with zero attached hydrogens (tertiary/aromatic N) is 1. The summed E-state index contributed by atoms with van der Waals surface area (Å²) in [6.07, 6.45) is 0.541. The molecule has 0 aliphatic carbocycles. The van der Waals surface area contributed by atoms with E-state index >= 15 is 0 Å². The van der Waals surface area contributed by atoms with Gasteiger partial charge in [0.1, 0.15) is 5.54 Å². The van der Waals surface area contributed by atoms with Crippen molar-refractivity contribution >= 4 is 29.1 Å². The largest absolute Gasteiger partial charge is 0.379 e. The van der Waals surface area contributed by atoms with Crippen molar-refractivity contribution in [3.63, 3.8) is 0 Å². The fourth-order valence-corrected chi connectivity index (χ4v) is 2.51. The van der Waals surface area contributed by atoms with Gasteiger partial charge in [-0.25, -0.2) is 0 Å². The summed E-state index contributed by atoms with van der Waals surface area (Å²) in [6, 6.07) is 5.36. The van der Waals surface area contributed by atoms with Crippen LogP contribution in [0.15, 0.2) is 18.2 Å². The van der Waals surface area contributed by atoms with E-state index < -0.39 is 5.54 Å². The van der Waals surface area contributed by atoms with Crippen LogP contribution in [0.4, 0.5) is 0 Å². The van der Waals surface area contributed by atoms with Gasteiger partial charge in [0.2, 0.25) is 5.91 Å². The number of nitrogens with two attached hydrogens (primary N) is 1. The molecule has 0 radical (unpaired) electrons. The predicted molar refractivity (Wildman–Crippen MR) is 75.3 cm³/mol. The first-order chi connectivity index (χ1) is 8.94. The van der Waals surface area contributed by atoms with Crippen LogP contribution in [0.2, 0.25) is 10.0 Å². The van der Waals surface area contributed by atoms with E-state index in [0.717, 1.165) is 5.56 Å². The molecule has 1 saturated heterocycles. The van der Waals surface area contributed by atoms with Crippen LogP contribution in [0.1, 0.15) is 12.0 Å². The first kappa shape index (κ1) is 14.6. The lowest BCUT2D eigenvalue weighted by atomic mass is 9.98. The molecular weight excluding hydrogens is 287 g/mol. The molecular formula is C13H16Cl2N2O2. The smallest absolute Gasteiger partial charge is 0.245 e. The minimum Gasteiger partial charge on any atom is -0.379 e. The topological polar surface area (TPSA) is 55.6 Å². The van der Waals surface area contributed by atoms with Gasteiger partial charge in [-0.3, -0.25) is 4.79 Å². The second-order valence-electron chi connectivity index (χ2n) is 4.83. The highest BCUT2D eigenvalue weighted by Crippen LogP contribution is 2.27. The zero-order valence-corrected chi connectivity index (χ0v) is 12.2. The highest BCUT2D eigenvalue weighted by Gasteiger charge is 2.40. The van der Waals surface area contributed by atoms with E-state index in [1.807, 2.05) is 6.07 Å². The number of hydrogen-bond donors (Lipinski definition) is 1. The second kappa shape index (κ2) is 5.67. The standard InChI is InChI=1S/C13H16Cl2N2O2/c1-17(12(18)13(16)5-6-19-8-13)7-9-3-2-4-10(14)11(9)15/h2-4H,5-8,16H2,1H3. The van der Waals surface area contributed by atoms with Gasteiger partial charge in [-0.15, -0.1) is 0 Å². The monoisotopic (exact) mass is 302 g/mol. The van der Waals surface area contributed by atoms with Crippen molar-refractivity contribution in [2.45, 2.75) is 18.5 Å². The van der Waals surface area contributed by atoms with Crippen molar-refractivity contribution in [2.24, 2.45) is 5.73 Å². The molecule has 1 aliphatic rings. The van der Waals surface area contributed by atoms with E-state index in [1.54, 1.807) is 24.1 Å². The van der Waals surface area contributed by atoms with Gasteiger partial charge in [-0.1, -0.05) is 35.3 Å². The third-order valence-corrected chi connectivity index (χ3v) is 4.12. The average Bonchev–Trinajstić information content (AvgIpc) is 2.82. The Labute approximate surface area is 122 Å². The van der Waals surface area contributed by atoms with Crippen LogP contribution >= 0.6 is 23.2 Å². The lowest BCUT2D eigenvalue weighted by molar-refractivity contribution is -0.136. The fraction of sp³-hybridized carbons (Fsp3) is 0.462. The maximum absolute atomic E-state index is 12.3. The zero-order valence-electron chi connectivity index (χ0n) is 10.7. The number of halogens is 2. The van der Waals surface area contributed by atoms with Gasteiger partial charge in [0, 0.05) is 20.2 Å². The van der Waals surface area contributed by atoms with Crippen LogP contribution in [0, 0.1) is 0 Å². The summed E-state index contributed by atoms with van der Waals surface area (Å²) in [6.45, 7) is 1.16. The molecule has 2 rings (SSSR count). The van der Waals surface area contributed by atoms with Crippen molar-refractivity contribution in [3.05, 3.63) is 33.8 Å². The Morgan fingerprint density at radius 1 is 1.53 bits per heavy atom. The first-order valence-corrected chi connectivity index (χ1v) is 6.75. The fourth-order valence-electron chi connectivity index (χ4n) is 2.13. The third-order valence-electron chi connectivity index (χ3n) is 3.26. The van der Waals surface area contributed by atoms with E-state index in [4.69, 9.17) is 33.7 Å². The SMILES string of the molecule is CN(Cc1cccc(Cl)c1Cl)C(=O)C1(N)CCOC1. The van der Waals surface area contributed by atoms with E-state index in [2.05, 4.69) is 0 Å². The van der Waals surface area contributed by atoms with E-state index in [-0.39, 0.29) is 12.5 Å². The van der Waals surface area contributed by atoms with Gasteiger partial charge in [-0.2, -0.15) is 0 Å². The summed E-state index contributed by atoms with van der Waals surface area (Å²) in [5.74, 6) is -0.138. The van der Waals surface area contributed by atoms with Gasteiger partial charge in [0.25, 0.3) is 0 Å². The Balaban J connectivity index is 2.10. The third kappa shape index (κ3) is 3.03. The Kier molecular flexibility index (Phi) is 4.36. The van der Waals surface area contributed by atoms with Crippen LogP contribution in [0.3, 0.4) is 0 Å². The summed E-state index contributed by atoms with van der Waals surface area (Å²) in [5.41, 5.74) is 5.93. The van der Waals surface area contributed by atoms with Crippen molar-refractivity contribution in [1.82, 2.24) is 4.90 Å². The lowest BCUT2D eigenvalue weighted by Crippen LogP contribution is -2.54. The molecule has 4 nitrogen and oxygen atoms in total. The number of ether oxygens (including phenoxy) is 1. The molecule has 0 aromatic heterocycles. The Bertz CT molecular complexity index is 488. The van der Waals surface area contributed by atoms with Gasteiger partial charge in [0.15, 0.2) is 0 Å². The molecule has 1 aliphatic heterocycles. The normalized spacial score (nSPS) is 22.5. The van der Waals surface area contributed by atoms with Crippen LogP contribution in [-0.2, 0) is 16.1 Å². The van der Waals surface area contributed by atoms with Crippen LogP contribution in [0.5, 0.6) is 0 Å². The highest BCUT2D eigenvalue weighted by molar-refractivity contribution is 6.42. The number of benzene rings is 1. The Hall–Kier alpha value is -0.810. The van der Waals surface area contributed by atoms with Gasteiger partial charge >= 0.3 is 0 Å². The molecule has 1 aromatic carbocycles. The van der Waals surface area contributed by atoms with Gasteiger partial charge < -0.3 is 15.4 Å². The van der Waals surface area contributed by atoms with Crippen molar-refractivity contribution < 1.29 is 9.53 Å². The molecule has 0 bridgehead atoms. The first-order valence-electron chi connectivity index (χ1n) is 5.99. The molecule has 19 heavy (non-hydrogen) atoms. The number of rotatable bonds is 3. The quantitative estimate of drug-likeness (QED) is 0.930. The number of amides is 1. The highest BCUT2D eigenvalue weighted by atomic mass is 35.5. The number of carbonyl (C=O) groups excluding carboxylic acids is 1. The summed E-state index contributed by atoms with van der Waals surface area (Å²) in [5, 5.41) is 0.948. The van der Waals surface area contributed by atoms with E-state index in [9.17, 15) is 4.79 Å². The molecule has 1 atom stereocenters. The van der Waals surface area contributed by atoms with Gasteiger partial charge in [0.05, 0.1) is 16.7 Å². The van der Waals surface area contributed by atoms with Crippen LogP contribution in [0.25, 0.3) is 0 Å². The molecule has 1 amide bonds. The molecule has 2 N–H and O–H groups in total. The van der Waals surface area contributed by atoms with E-state index in [1.165, 1.54) is 0 Å². The van der Waals surface area contributed by atoms with Crippen molar-refractivity contribution in [2.75, 3.05) is 20.3 Å². The number of carbonyl (C=O) groups is 1. The van der Waals surface area contributed by atoms with Crippen LogP contribution in [-0.4, -0.2) is 36.6 Å². The minimum atomic E-state index is -0.917. The number of likely N-dealkylation sites (N-methyl/N-ethyl adjacent to an activating group) is 1. The van der Waals surface area contributed by atoms with E-state index in [0.29, 0.717) is 29.6 Å². The molecule has 0 spiro atoms. The van der Waals surface area contributed by atoms with Gasteiger partial charge in [-0.05, 0) is 18.1 Å². The second-order valence-corrected chi connectivity index (χ2v) is 5.62. The molecule has 6 heteroatoms. The van der Waals surface area contributed by atoms with Crippen molar-refractivity contribution in [1.29, 1.82) is 0 Å². The predicted octanol–water partition coefficient (Wildman–Crippen LogP) is 2.07. The summed E-state index contributed by atoms with van der Waals surface area (Å²) in [7, 11) is 1.70. The van der Waals surface area contributed by atoms with Crippen LogP contribution < -0.4 is 5.73 Å². The zero-order chi connectivity index (χ0) is 14.0. The Morgan fingerprint density at radius 2 is 2.26 bits per heavy atom. The maximum Gasteiger partial charge on any atom is 0.245 e. The minimum absolute atomic E-state index is 0.138. The number of hydrogen-bond acceptors (Lipinski definition) is 3. The Morgan fingerprint density at radius 3 is 2.89 bits per heavy atom. The molecule has 104 valence electrons. The lowest BCUT2D eigenvalue weighted by Gasteiger charge is -2.27.